The van der Waals surface area contributed by atoms with E-state index in [0.717, 1.165) is 123 Å². The topological polar surface area (TPSA) is 75.6 Å². The molecule has 3 saturated heterocycles. The van der Waals surface area contributed by atoms with Crippen molar-refractivity contribution in [2.75, 3.05) is 26.4 Å². The predicted molar refractivity (Wildman–Crippen MR) is 176 cm³/mol. The molecule has 45 heavy (non-hydrogen) atoms. The molecule has 252 valence electrons. The molecule has 0 aromatic heterocycles. The summed E-state index contributed by atoms with van der Waals surface area (Å²) in [7, 11) is 0. The van der Waals surface area contributed by atoms with Gasteiger partial charge in [-0.2, -0.15) is 0 Å². The smallest absolute Gasteiger partial charge is 0.158 e. The lowest BCUT2D eigenvalue weighted by Gasteiger charge is -2.30. The summed E-state index contributed by atoms with van der Waals surface area (Å²) < 4.78 is 38.3. The lowest BCUT2D eigenvalue weighted by molar-refractivity contribution is -0.203. The van der Waals surface area contributed by atoms with Crippen LogP contribution in [0.25, 0.3) is 0 Å². The Morgan fingerprint density at radius 1 is 0.778 bits per heavy atom. The molecule has 4 fully saturated rings. The maximum absolute atomic E-state index is 9.19. The third-order valence-electron chi connectivity index (χ3n) is 9.72. The number of rotatable bonds is 17. The van der Waals surface area contributed by atoms with Crippen molar-refractivity contribution in [1.82, 2.24) is 0 Å². The fourth-order valence-corrected chi connectivity index (χ4v) is 7.16. The molecule has 1 aromatic carbocycles. The zero-order valence-electron chi connectivity index (χ0n) is 27.4. The zero-order valence-corrected chi connectivity index (χ0v) is 27.4. The molecule has 0 radical (unpaired) electrons. The van der Waals surface area contributed by atoms with Crippen LogP contribution in [0.1, 0.15) is 102 Å². The van der Waals surface area contributed by atoms with Crippen LogP contribution in [0.5, 0.6) is 0 Å². The van der Waals surface area contributed by atoms with Gasteiger partial charge in [0.1, 0.15) is 0 Å². The summed E-state index contributed by atoms with van der Waals surface area (Å²) in [5, 5.41) is 9.19. The molecule has 4 aliphatic rings. The first-order valence-corrected chi connectivity index (χ1v) is 18.1. The molecule has 3 unspecified atom stereocenters. The predicted octanol–water partition coefficient (Wildman–Crippen LogP) is 7.66. The van der Waals surface area contributed by atoms with Crippen LogP contribution in [0.2, 0.25) is 0 Å². The number of aryl methyl sites for hydroxylation is 1. The van der Waals surface area contributed by atoms with Gasteiger partial charge in [-0.15, -0.1) is 0 Å². The second-order valence-electron chi connectivity index (χ2n) is 13.2. The Labute approximate surface area is 271 Å². The minimum Gasteiger partial charge on any atom is -0.396 e. The number of allylic oxidation sites excluding steroid dienone is 2. The second kappa shape index (κ2) is 19.9. The molecular formula is C38H58O7. The summed E-state index contributed by atoms with van der Waals surface area (Å²) in [6.07, 6.45) is 24.9. The van der Waals surface area contributed by atoms with E-state index in [2.05, 4.69) is 54.6 Å². The number of hydrogen-bond acceptors (Lipinski definition) is 7. The molecule has 8 atom stereocenters. The Morgan fingerprint density at radius 3 is 2.09 bits per heavy atom. The normalized spacial score (nSPS) is 32.0. The molecule has 1 saturated carbocycles. The monoisotopic (exact) mass is 626 g/mol. The summed E-state index contributed by atoms with van der Waals surface area (Å²) in [5.74, 6) is 0.427. The van der Waals surface area contributed by atoms with Crippen LogP contribution < -0.4 is 0 Å². The Balaban J connectivity index is 1.34. The molecule has 1 aliphatic carbocycles. The molecule has 3 aliphatic heterocycles. The van der Waals surface area contributed by atoms with Crippen molar-refractivity contribution in [2.45, 2.75) is 140 Å². The van der Waals surface area contributed by atoms with Crippen molar-refractivity contribution in [1.29, 1.82) is 0 Å². The van der Waals surface area contributed by atoms with Crippen LogP contribution in [0, 0.1) is 11.8 Å². The maximum Gasteiger partial charge on any atom is 0.158 e. The van der Waals surface area contributed by atoms with Gasteiger partial charge in [-0.25, -0.2) is 0 Å². The summed E-state index contributed by atoms with van der Waals surface area (Å²) in [4.78, 5) is 0. The van der Waals surface area contributed by atoms with Crippen LogP contribution in [-0.2, 0) is 34.8 Å². The van der Waals surface area contributed by atoms with Crippen molar-refractivity contribution < 1.29 is 33.5 Å². The first-order valence-electron chi connectivity index (χ1n) is 18.1. The van der Waals surface area contributed by atoms with E-state index in [4.69, 9.17) is 28.4 Å². The van der Waals surface area contributed by atoms with Gasteiger partial charge in [0.25, 0.3) is 0 Å². The number of hydrogen-bond donors (Lipinski definition) is 1. The Bertz CT molecular complexity index is 966. The van der Waals surface area contributed by atoms with Gasteiger partial charge in [-0.3, -0.25) is 0 Å². The summed E-state index contributed by atoms with van der Waals surface area (Å²) in [6, 6.07) is 10.7. The van der Waals surface area contributed by atoms with Crippen molar-refractivity contribution in [3.63, 3.8) is 0 Å². The number of unbranched alkanes of at least 4 members (excludes halogenated alkanes) is 2. The van der Waals surface area contributed by atoms with E-state index in [1.807, 2.05) is 0 Å². The SMILES string of the molecule is OCCCCC=CC[C@@H]1[C@@H](C=CC(CCc2ccccc2)O[C@H]2CCCCO2)[C@H](OC2CCCCO2)C[C@@H]1OC1CCCCO1. The zero-order chi connectivity index (χ0) is 30.9. The molecule has 0 bridgehead atoms. The van der Waals surface area contributed by atoms with Gasteiger partial charge in [0, 0.05) is 38.8 Å². The van der Waals surface area contributed by atoms with E-state index >= 15 is 0 Å². The molecule has 1 N–H and O–H groups in total. The van der Waals surface area contributed by atoms with Crippen LogP contribution in [0.15, 0.2) is 54.6 Å². The Kier molecular flexibility index (Phi) is 15.4. The number of aliphatic hydroxyl groups excluding tert-OH is 1. The van der Waals surface area contributed by atoms with Crippen molar-refractivity contribution >= 4 is 0 Å². The molecule has 0 spiro atoms. The summed E-state index contributed by atoms with van der Waals surface area (Å²) in [5.41, 5.74) is 1.32. The fourth-order valence-electron chi connectivity index (χ4n) is 7.16. The van der Waals surface area contributed by atoms with Crippen molar-refractivity contribution in [3.8, 4) is 0 Å². The molecule has 5 rings (SSSR count). The van der Waals surface area contributed by atoms with Gasteiger partial charge in [0.05, 0.1) is 18.3 Å². The standard InChI is InChI=1S/C38H58O7/c39-25-11-3-1-2-7-17-32-33(24-23-31(43-36-18-8-12-26-40-36)22-21-30-15-5-4-6-16-30)35(45-38-20-10-14-28-42-38)29-34(32)44-37-19-9-13-27-41-37/h2,4-7,15-16,23-24,31-39H,1,3,8-14,17-22,25-29H2/t31?,32-,33-,34+,35-,36+,37?,38?/m1/s1. The fraction of sp³-hybridized carbons (Fsp3) is 0.737. The first kappa shape index (κ1) is 34.7. The van der Waals surface area contributed by atoms with Gasteiger partial charge in [-0.1, -0.05) is 54.6 Å². The Morgan fingerprint density at radius 2 is 1.44 bits per heavy atom. The van der Waals surface area contributed by atoms with Gasteiger partial charge >= 0.3 is 0 Å². The summed E-state index contributed by atoms with van der Waals surface area (Å²) >= 11 is 0. The molecule has 7 heteroatoms. The highest BCUT2D eigenvalue weighted by atomic mass is 16.7. The number of ether oxygens (including phenoxy) is 6. The third kappa shape index (κ3) is 11.9. The lowest BCUT2D eigenvalue weighted by Crippen LogP contribution is -2.31. The highest BCUT2D eigenvalue weighted by molar-refractivity contribution is 5.15. The quantitative estimate of drug-likeness (QED) is 0.141. The minimum atomic E-state index is -0.153. The molecule has 7 nitrogen and oxygen atoms in total. The van der Waals surface area contributed by atoms with E-state index in [0.29, 0.717) is 0 Å². The molecular weight excluding hydrogens is 568 g/mol. The highest BCUT2D eigenvalue weighted by Gasteiger charge is 2.45. The van der Waals surface area contributed by atoms with E-state index in [-0.39, 0.29) is 55.6 Å². The lowest BCUT2D eigenvalue weighted by atomic mass is 9.89. The average Bonchev–Trinajstić information content (AvgIpc) is 3.40. The van der Waals surface area contributed by atoms with Gasteiger partial charge in [-0.05, 0) is 108 Å². The highest BCUT2D eigenvalue weighted by Crippen LogP contribution is 2.42. The van der Waals surface area contributed by atoms with Gasteiger partial charge < -0.3 is 33.5 Å². The summed E-state index contributed by atoms with van der Waals surface area (Å²) in [6.45, 7) is 2.57. The van der Waals surface area contributed by atoms with Gasteiger partial charge in [0.15, 0.2) is 18.9 Å². The van der Waals surface area contributed by atoms with Gasteiger partial charge in [0.2, 0.25) is 0 Å². The molecule has 0 amide bonds. The molecule has 1 aromatic rings. The molecule has 3 heterocycles. The third-order valence-corrected chi connectivity index (χ3v) is 9.72. The van der Waals surface area contributed by atoms with E-state index < -0.39 is 0 Å². The maximum atomic E-state index is 9.19. The average molecular weight is 627 g/mol. The minimum absolute atomic E-state index is 0.00596. The van der Waals surface area contributed by atoms with E-state index in [1.165, 1.54) is 5.56 Å². The van der Waals surface area contributed by atoms with E-state index in [9.17, 15) is 5.11 Å². The van der Waals surface area contributed by atoms with Crippen LogP contribution in [0.4, 0.5) is 0 Å². The number of benzene rings is 1. The van der Waals surface area contributed by atoms with Crippen LogP contribution in [-0.4, -0.2) is 68.7 Å². The second-order valence-corrected chi connectivity index (χ2v) is 13.2. The largest absolute Gasteiger partial charge is 0.396 e. The van der Waals surface area contributed by atoms with E-state index in [1.54, 1.807) is 0 Å². The van der Waals surface area contributed by atoms with Crippen molar-refractivity contribution in [3.05, 3.63) is 60.2 Å². The van der Waals surface area contributed by atoms with Crippen LogP contribution in [0.3, 0.4) is 0 Å². The van der Waals surface area contributed by atoms with Crippen LogP contribution >= 0.6 is 0 Å². The number of aliphatic hydroxyl groups is 1. The van der Waals surface area contributed by atoms with Crippen molar-refractivity contribution in [2.24, 2.45) is 11.8 Å². The first-order chi connectivity index (χ1) is 22.3. The Hall–Kier alpha value is -1.58.